The molecule has 0 bridgehead atoms. The minimum Gasteiger partial charge on any atom is -0.493 e. The topological polar surface area (TPSA) is 123 Å². The van der Waals surface area contributed by atoms with Gasteiger partial charge in [-0.3, -0.25) is 19.7 Å². The number of carbonyl (C=O) groups is 4. The van der Waals surface area contributed by atoms with E-state index < -0.39 is 23.8 Å². The second-order valence-corrected chi connectivity index (χ2v) is 10.4. The van der Waals surface area contributed by atoms with Crippen LogP contribution in [-0.4, -0.2) is 44.1 Å². The fraction of sp³-hybridized carbons (Fsp3) is 0.172. The van der Waals surface area contributed by atoms with Crippen LogP contribution in [0.1, 0.15) is 18.9 Å². The number of nitrogens with zero attached hydrogens (tertiary/aromatic N) is 1. The largest absolute Gasteiger partial charge is 0.493 e. The van der Waals surface area contributed by atoms with Gasteiger partial charge in [0.25, 0.3) is 17.7 Å². The number of barbiturate groups is 1. The molecule has 4 rings (SSSR count). The SMILES string of the molecule is CCCOc1ccc(N2C(=O)NC(=O)/C(=C/c3cc(Br)cc(Br)c3OCC(=O)Nc3ccccc3)C2=O)cc1OC. The molecular weight excluding hydrogens is 662 g/mol. The third-order valence-electron chi connectivity index (χ3n) is 5.71. The number of nitrogens with one attached hydrogen (secondary N) is 2. The average molecular weight is 687 g/mol. The third kappa shape index (κ3) is 7.14. The highest BCUT2D eigenvalue weighted by Gasteiger charge is 2.37. The van der Waals surface area contributed by atoms with E-state index in [1.54, 1.807) is 42.5 Å². The molecule has 12 heteroatoms. The molecule has 3 aromatic carbocycles. The molecule has 1 aliphatic rings. The summed E-state index contributed by atoms with van der Waals surface area (Å²) >= 11 is 6.81. The van der Waals surface area contributed by atoms with Crippen LogP contribution in [0.5, 0.6) is 17.2 Å². The minimum absolute atomic E-state index is 0.177. The molecule has 0 atom stereocenters. The summed E-state index contributed by atoms with van der Waals surface area (Å²) in [5.41, 5.74) is 0.774. The summed E-state index contributed by atoms with van der Waals surface area (Å²) in [6.45, 7) is 2.07. The zero-order valence-corrected chi connectivity index (χ0v) is 25.2. The number of imide groups is 2. The Labute approximate surface area is 252 Å². The van der Waals surface area contributed by atoms with Crippen LogP contribution in [-0.2, 0) is 14.4 Å². The van der Waals surface area contributed by atoms with Gasteiger partial charge in [0, 0.05) is 21.8 Å². The van der Waals surface area contributed by atoms with E-state index in [4.69, 9.17) is 14.2 Å². The van der Waals surface area contributed by atoms with E-state index in [0.29, 0.717) is 38.3 Å². The molecule has 0 unspecified atom stereocenters. The molecule has 0 aliphatic carbocycles. The van der Waals surface area contributed by atoms with Crippen molar-refractivity contribution in [2.24, 2.45) is 0 Å². The highest BCUT2D eigenvalue weighted by Crippen LogP contribution is 2.36. The molecular formula is C29H25Br2N3O7. The first-order chi connectivity index (χ1) is 19.7. The van der Waals surface area contributed by atoms with Crippen molar-refractivity contribution < 1.29 is 33.4 Å². The predicted molar refractivity (Wildman–Crippen MR) is 160 cm³/mol. The number of urea groups is 1. The second-order valence-electron chi connectivity index (χ2n) is 8.65. The number of benzene rings is 3. The molecule has 0 aromatic heterocycles. The van der Waals surface area contributed by atoms with E-state index in [2.05, 4.69) is 42.5 Å². The molecule has 212 valence electrons. The zero-order valence-electron chi connectivity index (χ0n) is 22.0. The van der Waals surface area contributed by atoms with Gasteiger partial charge in [0.1, 0.15) is 11.3 Å². The Bertz CT molecular complexity index is 1530. The molecule has 0 saturated carbocycles. The van der Waals surface area contributed by atoms with Gasteiger partial charge in [-0.15, -0.1) is 0 Å². The molecule has 2 N–H and O–H groups in total. The van der Waals surface area contributed by atoms with Crippen molar-refractivity contribution >= 4 is 73.1 Å². The Balaban J connectivity index is 1.63. The molecule has 5 amide bonds. The number of anilines is 2. The maximum atomic E-state index is 13.5. The Morgan fingerprint density at radius 1 is 1.00 bits per heavy atom. The summed E-state index contributed by atoms with van der Waals surface area (Å²) in [6, 6.07) is 15.9. The summed E-state index contributed by atoms with van der Waals surface area (Å²) in [6.07, 6.45) is 2.08. The first-order valence-corrected chi connectivity index (χ1v) is 14.0. The molecule has 1 saturated heterocycles. The molecule has 10 nitrogen and oxygen atoms in total. The van der Waals surface area contributed by atoms with E-state index in [9.17, 15) is 19.2 Å². The van der Waals surface area contributed by atoms with Gasteiger partial charge >= 0.3 is 6.03 Å². The Kier molecular flexibility index (Phi) is 9.79. The maximum Gasteiger partial charge on any atom is 0.335 e. The lowest BCUT2D eigenvalue weighted by atomic mass is 10.1. The number of halogens is 2. The van der Waals surface area contributed by atoms with Crippen molar-refractivity contribution in [3.05, 3.63) is 80.7 Å². The first kappa shape index (κ1) is 29.8. The van der Waals surface area contributed by atoms with Gasteiger partial charge in [-0.1, -0.05) is 41.1 Å². The van der Waals surface area contributed by atoms with Gasteiger partial charge in [-0.25, -0.2) is 9.69 Å². The number of hydrogen-bond acceptors (Lipinski definition) is 7. The average Bonchev–Trinajstić information content (AvgIpc) is 2.94. The summed E-state index contributed by atoms with van der Waals surface area (Å²) < 4.78 is 17.9. The third-order valence-corrected chi connectivity index (χ3v) is 6.76. The summed E-state index contributed by atoms with van der Waals surface area (Å²) in [5, 5.41) is 4.93. The van der Waals surface area contributed by atoms with Crippen LogP contribution in [0.4, 0.5) is 16.2 Å². The zero-order chi connectivity index (χ0) is 29.5. The first-order valence-electron chi connectivity index (χ1n) is 12.4. The van der Waals surface area contributed by atoms with Crippen LogP contribution in [0.2, 0.25) is 0 Å². The number of para-hydroxylation sites is 1. The van der Waals surface area contributed by atoms with Crippen LogP contribution < -0.4 is 29.7 Å². The number of hydrogen-bond donors (Lipinski definition) is 2. The fourth-order valence-electron chi connectivity index (χ4n) is 3.87. The van der Waals surface area contributed by atoms with E-state index in [0.717, 1.165) is 11.3 Å². The Morgan fingerprint density at radius 2 is 1.76 bits per heavy atom. The van der Waals surface area contributed by atoms with E-state index >= 15 is 0 Å². The predicted octanol–water partition coefficient (Wildman–Crippen LogP) is 5.69. The van der Waals surface area contributed by atoms with E-state index in [-0.39, 0.29) is 23.6 Å². The summed E-state index contributed by atoms with van der Waals surface area (Å²) in [4.78, 5) is 52.4. The lowest BCUT2D eigenvalue weighted by Gasteiger charge is -2.27. The molecule has 3 aromatic rings. The van der Waals surface area contributed by atoms with E-state index in [1.165, 1.54) is 25.3 Å². The number of carbonyl (C=O) groups excluding carboxylic acids is 4. The van der Waals surface area contributed by atoms with Crippen molar-refractivity contribution in [1.82, 2.24) is 5.32 Å². The van der Waals surface area contributed by atoms with Crippen molar-refractivity contribution in [2.75, 3.05) is 30.5 Å². The summed E-state index contributed by atoms with van der Waals surface area (Å²) in [7, 11) is 1.44. The minimum atomic E-state index is -0.911. The van der Waals surface area contributed by atoms with Crippen LogP contribution in [0.15, 0.2) is 75.2 Å². The van der Waals surface area contributed by atoms with Gasteiger partial charge < -0.3 is 19.5 Å². The van der Waals surface area contributed by atoms with Gasteiger partial charge in [-0.05, 0) is 64.8 Å². The highest BCUT2D eigenvalue weighted by atomic mass is 79.9. The molecule has 1 fully saturated rings. The maximum absolute atomic E-state index is 13.5. The Morgan fingerprint density at radius 3 is 2.46 bits per heavy atom. The molecule has 0 radical (unpaired) electrons. The number of methoxy groups -OCH3 is 1. The normalized spacial score (nSPS) is 14.1. The second kappa shape index (κ2) is 13.5. The van der Waals surface area contributed by atoms with Crippen molar-refractivity contribution in [1.29, 1.82) is 0 Å². The number of amides is 5. The van der Waals surface area contributed by atoms with Gasteiger partial charge in [0.15, 0.2) is 18.1 Å². The molecule has 1 aliphatic heterocycles. The standard InChI is InChI=1S/C29H25Br2N3O7/c1-3-11-40-23-10-9-20(15-24(23)39-2)34-28(37)21(27(36)33-29(34)38)13-17-12-18(30)14-22(31)26(17)41-16-25(35)32-19-7-5-4-6-8-19/h4-10,12-15H,3,11,16H2,1-2H3,(H,32,35)(H,33,36,38)/b21-13-. The van der Waals surface area contributed by atoms with Crippen molar-refractivity contribution in [2.45, 2.75) is 13.3 Å². The lowest BCUT2D eigenvalue weighted by molar-refractivity contribution is -0.122. The molecule has 41 heavy (non-hydrogen) atoms. The number of ether oxygens (including phenoxy) is 3. The van der Waals surface area contributed by atoms with Gasteiger partial charge in [-0.2, -0.15) is 0 Å². The van der Waals surface area contributed by atoms with Crippen LogP contribution in [0.25, 0.3) is 6.08 Å². The van der Waals surface area contributed by atoms with Gasteiger partial charge in [0.05, 0.1) is 23.9 Å². The molecule has 0 spiro atoms. The quantitative estimate of drug-likeness (QED) is 0.207. The fourth-order valence-corrected chi connectivity index (χ4v) is 5.24. The monoisotopic (exact) mass is 685 g/mol. The van der Waals surface area contributed by atoms with E-state index in [1.807, 2.05) is 13.0 Å². The number of rotatable bonds is 10. The Hall–Kier alpha value is -4.16. The summed E-state index contributed by atoms with van der Waals surface area (Å²) in [5.74, 6) is -1.16. The van der Waals surface area contributed by atoms with Gasteiger partial charge in [0.2, 0.25) is 0 Å². The smallest absolute Gasteiger partial charge is 0.335 e. The van der Waals surface area contributed by atoms with Crippen LogP contribution in [0, 0.1) is 0 Å². The van der Waals surface area contributed by atoms with Crippen LogP contribution in [0.3, 0.4) is 0 Å². The lowest BCUT2D eigenvalue weighted by Crippen LogP contribution is -2.54. The molecule has 1 heterocycles. The van der Waals surface area contributed by atoms with Crippen LogP contribution >= 0.6 is 31.9 Å². The highest BCUT2D eigenvalue weighted by molar-refractivity contribution is 9.11. The van der Waals surface area contributed by atoms with Crippen molar-refractivity contribution in [3.8, 4) is 17.2 Å². The van der Waals surface area contributed by atoms with Crippen molar-refractivity contribution in [3.63, 3.8) is 0 Å².